The number of hydrogen-bond donors (Lipinski definition) is 3. The van der Waals surface area contributed by atoms with E-state index in [1.54, 1.807) is 26.8 Å². The van der Waals surface area contributed by atoms with Crippen LogP contribution in [0.1, 0.15) is 32.0 Å². The third-order valence-electron chi connectivity index (χ3n) is 3.50. The Morgan fingerprint density at radius 1 is 1.27 bits per heavy atom. The average Bonchev–Trinajstić information content (AvgIpc) is 2.86. The first-order valence-electron chi connectivity index (χ1n) is 6.79. The SMILES string of the molecule is CC(N)C(=O)Nc1cc(C(C)(C)c2cc(F)cc(F)c2)[nH]n1. The van der Waals surface area contributed by atoms with Crippen molar-refractivity contribution in [2.24, 2.45) is 5.73 Å². The lowest BCUT2D eigenvalue weighted by Crippen LogP contribution is -2.32. The molecule has 118 valence electrons. The number of hydrogen-bond acceptors (Lipinski definition) is 3. The number of benzene rings is 1. The van der Waals surface area contributed by atoms with Crippen LogP contribution in [-0.2, 0) is 10.2 Å². The van der Waals surface area contributed by atoms with E-state index in [4.69, 9.17) is 5.73 Å². The molecule has 5 nitrogen and oxygen atoms in total. The molecule has 0 aliphatic heterocycles. The molecular weight excluding hydrogens is 290 g/mol. The molecule has 0 aliphatic carbocycles. The van der Waals surface area contributed by atoms with E-state index in [1.165, 1.54) is 12.1 Å². The van der Waals surface area contributed by atoms with Crippen molar-refractivity contribution < 1.29 is 13.6 Å². The van der Waals surface area contributed by atoms with Gasteiger partial charge in [-0.1, -0.05) is 13.8 Å². The van der Waals surface area contributed by atoms with Crippen LogP contribution in [0.3, 0.4) is 0 Å². The zero-order valence-electron chi connectivity index (χ0n) is 12.6. The van der Waals surface area contributed by atoms with Crippen LogP contribution in [0.2, 0.25) is 0 Å². The number of carbonyl (C=O) groups excluding carboxylic acids is 1. The molecule has 7 heteroatoms. The van der Waals surface area contributed by atoms with Gasteiger partial charge in [-0.25, -0.2) is 8.78 Å². The fraction of sp³-hybridized carbons (Fsp3) is 0.333. The minimum atomic E-state index is -0.715. The van der Waals surface area contributed by atoms with Crippen molar-refractivity contribution in [1.82, 2.24) is 10.2 Å². The van der Waals surface area contributed by atoms with E-state index in [-0.39, 0.29) is 5.91 Å². The van der Waals surface area contributed by atoms with Crippen LogP contribution in [0, 0.1) is 11.6 Å². The summed E-state index contributed by atoms with van der Waals surface area (Å²) in [6.07, 6.45) is 0. The summed E-state index contributed by atoms with van der Waals surface area (Å²) in [5.74, 6) is -1.35. The van der Waals surface area contributed by atoms with Crippen molar-refractivity contribution >= 4 is 11.7 Å². The number of aromatic nitrogens is 2. The molecule has 4 N–H and O–H groups in total. The van der Waals surface area contributed by atoms with Gasteiger partial charge in [-0.3, -0.25) is 9.89 Å². The van der Waals surface area contributed by atoms with Crippen LogP contribution in [0.4, 0.5) is 14.6 Å². The second-order valence-electron chi connectivity index (χ2n) is 5.73. The van der Waals surface area contributed by atoms with Crippen LogP contribution in [-0.4, -0.2) is 22.1 Å². The number of H-pyrrole nitrogens is 1. The quantitative estimate of drug-likeness (QED) is 0.810. The van der Waals surface area contributed by atoms with Gasteiger partial charge in [-0.2, -0.15) is 5.10 Å². The van der Waals surface area contributed by atoms with Crippen molar-refractivity contribution in [2.75, 3.05) is 5.32 Å². The molecule has 1 unspecified atom stereocenters. The molecule has 0 radical (unpaired) electrons. The highest BCUT2D eigenvalue weighted by Crippen LogP contribution is 2.32. The number of carbonyl (C=O) groups is 1. The first-order chi connectivity index (χ1) is 10.2. The summed E-state index contributed by atoms with van der Waals surface area (Å²) in [6.45, 7) is 5.15. The summed E-state index contributed by atoms with van der Waals surface area (Å²) >= 11 is 0. The van der Waals surface area contributed by atoms with Gasteiger partial charge in [0.25, 0.3) is 0 Å². The van der Waals surface area contributed by atoms with E-state index in [0.29, 0.717) is 17.1 Å². The van der Waals surface area contributed by atoms with Crippen LogP contribution in [0.5, 0.6) is 0 Å². The van der Waals surface area contributed by atoms with Gasteiger partial charge in [0.15, 0.2) is 5.82 Å². The number of nitrogens with one attached hydrogen (secondary N) is 2. The minimum Gasteiger partial charge on any atom is -0.320 e. The number of nitrogens with zero attached hydrogens (tertiary/aromatic N) is 1. The van der Waals surface area contributed by atoms with Gasteiger partial charge in [0.1, 0.15) is 11.6 Å². The molecule has 22 heavy (non-hydrogen) atoms. The molecule has 1 amide bonds. The maximum Gasteiger partial charge on any atom is 0.242 e. The maximum absolute atomic E-state index is 13.4. The first-order valence-corrected chi connectivity index (χ1v) is 6.79. The summed E-state index contributed by atoms with van der Waals surface area (Å²) in [7, 11) is 0. The Morgan fingerprint density at radius 2 is 1.86 bits per heavy atom. The molecule has 0 spiro atoms. The first kappa shape index (κ1) is 16.1. The van der Waals surface area contributed by atoms with E-state index >= 15 is 0 Å². The fourth-order valence-corrected chi connectivity index (χ4v) is 2.02. The van der Waals surface area contributed by atoms with E-state index in [9.17, 15) is 13.6 Å². The Morgan fingerprint density at radius 3 is 2.41 bits per heavy atom. The lowest BCUT2D eigenvalue weighted by Gasteiger charge is -2.23. The smallest absolute Gasteiger partial charge is 0.242 e. The lowest BCUT2D eigenvalue weighted by atomic mass is 9.81. The highest BCUT2D eigenvalue weighted by atomic mass is 19.1. The van der Waals surface area contributed by atoms with Gasteiger partial charge >= 0.3 is 0 Å². The van der Waals surface area contributed by atoms with Crippen molar-refractivity contribution in [3.05, 3.63) is 47.2 Å². The molecule has 1 aromatic heterocycles. The third-order valence-corrected chi connectivity index (χ3v) is 3.50. The highest BCUT2D eigenvalue weighted by molar-refractivity contribution is 5.93. The van der Waals surface area contributed by atoms with E-state index in [2.05, 4.69) is 15.5 Å². The zero-order valence-corrected chi connectivity index (χ0v) is 12.6. The second-order valence-corrected chi connectivity index (χ2v) is 5.73. The summed E-state index contributed by atoms with van der Waals surface area (Å²) in [5.41, 5.74) is 5.82. The lowest BCUT2D eigenvalue weighted by molar-refractivity contribution is -0.117. The molecular formula is C15H18F2N4O. The number of anilines is 1. The summed E-state index contributed by atoms with van der Waals surface area (Å²) < 4.78 is 26.8. The van der Waals surface area contributed by atoms with Gasteiger partial charge < -0.3 is 11.1 Å². The third kappa shape index (κ3) is 3.30. The molecule has 1 aromatic carbocycles. The molecule has 0 saturated carbocycles. The number of rotatable bonds is 4. The van der Waals surface area contributed by atoms with Crippen molar-refractivity contribution in [1.29, 1.82) is 0 Å². The molecule has 1 atom stereocenters. The van der Waals surface area contributed by atoms with Crippen molar-refractivity contribution in [3.63, 3.8) is 0 Å². The van der Waals surface area contributed by atoms with Crippen LogP contribution in [0.25, 0.3) is 0 Å². The normalized spacial score (nSPS) is 13.0. The van der Waals surface area contributed by atoms with Gasteiger partial charge in [0, 0.05) is 23.2 Å². The van der Waals surface area contributed by atoms with Crippen LogP contribution < -0.4 is 11.1 Å². The summed E-state index contributed by atoms with van der Waals surface area (Å²) in [6, 6.07) is 4.31. The standard InChI is InChI=1S/C15H18F2N4O/c1-8(18)14(22)19-13-7-12(20-21-13)15(2,3)9-4-10(16)6-11(17)5-9/h4-8H,18H2,1-3H3,(H2,19,20,21,22). The van der Waals surface area contributed by atoms with Crippen LogP contribution >= 0.6 is 0 Å². The number of aromatic amines is 1. The topological polar surface area (TPSA) is 83.8 Å². The van der Waals surface area contributed by atoms with E-state index in [0.717, 1.165) is 6.07 Å². The number of halogens is 2. The predicted molar refractivity (Wildman–Crippen MR) is 79.4 cm³/mol. The summed E-state index contributed by atoms with van der Waals surface area (Å²) in [4.78, 5) is 11.5. The minimum absolute atomic E-state index is 0.308. The largest absolute Gasteiger partial charge is 0.320 e. The summed E-state index contributed by atoms with van der Waals surface area (Å²) in [5, 5.41) is 9.31. The Balaban J connectivity index is 2.30. The molecule has 0 fully saturated rings. The van der Waals surface area contributed by atoms with Gasteiger partial charge in [-0.15, -0.1) is 0 Å². The highest BCUT2D eigenvalue weighted by Gasteiger charge is 2.27. The van der Waals surface area contributed by atoms with Crippen molar-refractivity contribution in [3.8, 4) is 0 Å². The Hall–Kier alpha value is -2.28. The molecule has 1 heterocycles. The van der Waals surface area contributed by atoms with E-state index < -0.39 is 23.1 Å². The van der Waals surface area contributed by atoms with Crippen LogP contribution in [0.15, 0.2) is 24.3 Å². The molecule has 0 saturated heterocycles. The Labute approximate surface area is 126 Å². The average molecular weight is 308 g/mol. The second kappa shape index (κ2) is 5.84. The number of nitrogens with two attached hydrogens (primary N) is 1. The van der Waals surface area contributed by atoms with Crippen molar-refractivity contribution in [2.45, 2.75) is 32.2 Å². The molecule has 2 rings (SSSR count). The monoisotopic (exact) mass is 308 g/mol. The molecule has 2 aromatic rings. The molecule has 0 aliphatic rings. The number of amides is 1. The van der Waals surface area contributed by atoms with Gasteiger partial charge in [-0.05, 0) is 24.6 Å². The predicted octanol–water partition coefficient (Wildman–Crippen LogP) is 2.30. The fourth-order valence-electron chi connectivity index (χ4n) is 2.02. The van der Waals surface area contributed by atoms with E-state index in [1.807, 2.05) is 0 Å². The van der Waals surface area contributed by atoms with Gasteiger partial charge in [0.2, 0.25) is 5.91 Å². The van der Waals surface area contributed by atoms with Gasteiger partial charge in [0.05, 0.1) is 6.04 Å². The maximum atomic E-state index is 13.4. The Kier molecular flexibility index (Phi) is 4.27. The molecule has 0 bridgehead atoms. The Bertz CT molecular complexity index is 674. The zero-order chi connectivity index (χ0) is 16.5.